The molecule has 164 valence electrons. The highest BCUT2D eigenvalue weighted by atomic mass is 19.1. The molecule has 0 fully saturated rings. The molecule has 0 radical (unpaired) electrons. The summed E-state index contributed by atoms with van der Waals surface area (Å²) in [6.07, 6.45) is 2.87. The Balaban J connectivity index is 1.66. The van der Waals surface area contributed by atoms with Crippen LogP contribution in [0.5, 0.6) is 0 Å². The van der Waals surface area contributed by atoms with Crippen molar-refractivity contribution in [1.29, 1.82) is 0 Å². The fraction of sp³-hybridized carbons (Fsp3) is 0.400. The number of rotatable bonds is 2. The first kappa shape index (κ1) is 19.6. The number of esters is 1. The minimum absolute atomic E-state index is 0.000167. The van der Waals surface area contributed by atoms with E-state index in [1.165, 1.54) is 6.07 Å². The molecule has 0 amide bonds. The van der Waals surface area contributed by atoms with Gasteiger partial charge in [-0.05, 0) is 54.5 Å². The van der Waals surface area contributed by atoms with Crippen LogP contribution in [0, 0.1) is 12.7 Å². The van der Waals surface area contributed by atoms with Crippen LogP contribution >= 0.6 is 0 Å². The summed E-state index contributed by atoms with van der Waals surface area (Å²) in [5, 5.41) is 0.939. The number of aryl methyl sites for hydroxylation is 1. The maximum absolute atomic E-state index is 14.7. The van der Waals surface area contributed by atoms with Gasteiger partial charge < -0.3 is 15.0 Å². The van der Waals surface area contributed by atoms with Crippen LogP contribution in [0.4, 0.5) is 4.39 Å². The molecule has 2 atom stereocenters. The summed E-state index contributed by atoms with van der Waals surface area (Å²) in [5.41, 5.74) is 13.2. The van der Waals surface area contributed by atoms with Gasteiger partial charge in [0.25, 0.3) is 5.56 Å². The summed E-state index contributed by atoms with van der Waals surface area (Å²) >= 11 is 0. The van der Waals surface area contributed by atoms with E-state index in [0.29, 0.717) is 47.4 Å². The van der Waals surface area contributed by atoms with Gasteiger partial charge in [0.15, 0.2) is 0 Å². The molecule has 0 saturated heterocycles. The van der Waals surface area contributed by atoms with Gasteiger partial charge in [0.2, 0.25) is 0 Å². The lowest BCUT2D eigenvalue weighted by Gasteiger charge is -2.26. The van der Waals surface area contributed by atoms with E-state index in [1.807, 2.05) is 13.0 Å². The molecule has 4 heterocycles. The Morgan fingerprint density at radius 1 is 1.25 bits per heavy atom. The number of nitrogens with zero attached hydrogens (tertiary/aromatic N) is 2. The van der Waals surface area contributed by atoms with E-state index < -0.39 is 5.92 Å². The van der Waals surface area contributed by atoms with Gasteiger partial charge in [-0.2, -0.15) is 0 Å². The molecule has 7 heteroatoms. The van der Waals surface area contributed by atoms with Crippen molar-refractivity contribution >= 4 is 16.9 Å². The van der Waals surface area contributed by atoms with Gasteiger partial charge >= 0.3 is 5.97 Å². The van der Waals surface area contributed by atoms with Crippen LogP contribution in [0.3, 0.4) is 0 Å². The molecule has 2 aliphatic heterocycles. The summed E-state index contributed by atoms with van der Waals surface area (Å²) < 4.78 is 21.7. The zero-order valence-electron chi connectivity index (χ0n) is 18.1. The van der Waals surface area contributed by atoms with Crippen LogP contribution in [0.25, 0.3) is 22.3 Å². The molecule has 6 rings (SSSR count). The highest BCUT2D eigenvalue weighted by Crippen LogP contribution is 2.44. The van der Waals surface area contributed by atoms with Crippen LogP contribution in [0.1, 0.15) is 71.5 Å². The highest BCUT2D eigenvalue weighted by Gasteiger charge is 2.36. The molecule has 3 aliphatic rings. The Morgan fingerprint density at radius 3 is 2.84 bits per heavy atom. The third kappa shape index (κ3) is 2.45. The van der Waals surface area contributed by atoms with Crippen molar-refractivity contribution in [3.05, 3.63) is 61.7 Å². The van der Waals surface area contributed by atoms with Crippen LogP contribution in [0.2, 0.25) is 0 Å². The molecular weight excluding hydrogens is 409 g/mol. The van der Waals surface area contributed by atoms with Crippen molar-refractivity contribution in [2.45, 2.75) is 64.6 Å². The van der Waals surface area contributed by atoms with Crippen molar-refractivity contribution in [1.82, 2.24) is 9.55 Å². The first-order chi connectivity index (χ1) is 15.4. The van der Waals surface area contributed by atoms with Gasteiger partial charge in [-0.3, -0.25) is 9.59 Å². The maximum atomic E-state index is 14.7. The quantitative estimate of drug-likeness (QED) is 0.487. The third-order valence-electron chi connectivity index (χ3n) is 7.41. The number of carbonyl (C=O) groups excluding carboxylic acids is 1. The van der Waals surface area contributed by atoms with Gasteiger partial charge in [-0.1, -0.05) is 13.3 Å². The number of pyridine rings is 2. The van der Waals surface area contributed by atoms with Gasteiger partial charge in [0, 0.05) is 23.1 Å². The van der Waals surface area contributed by atoms with Crippen LogP contribution in [-0.4, -0.2) is 15.5 Å². The first-order valence-corrected chi connectivity index (χ1v) is 11.2. The molecular formula is C25H24FN3O3. The molecule has 32 heavy (non-hydrogen) atoms. The van der Waals surface area contributed by atoms with Crippen molar-refractivity contribution in [3.63, 3.8) is 0 Å². The number of nitrogens with two attached hydrogens (primary N) is 1. The molecule has 6 nitrogen and oxygen atoms in total. The number of aromatic nitrogens is 2. The van der Waals surface area contributed by atoms with E-state index in [4.69, 9.17) is 15.5 Å². The summed E-state index contributed by atoms with van der Waals surface area (Å²) in [5.74, 6) is -1.00. The van der Waals surface area contributed by atoms with Crippen LogP contribution in [0.15, 0.2) is 16.9 Å². The van der Waals surface area contributed by atoms with E-state index in [0.717, 1.165) is 40.5 Å². The molecule has 0 spiro atoms. The van der Waals surface area contributed by atoms with Gasteiger partial charge in [-0.25, -0.2) is 9.37 Å². The molecule has 0 saturated carbocycles. The third-order valence-corrected chi connectivity index (χ3v) is 7.41. The minimum Gasteiger partial charge on any atom is -0.460 e. The number of hydrogen-bond acceptors (Lipinski definition) is 5. The predicted octanol–water partition coefficient (Wildman–Crippen LogP) is 3.76. The zero-order chi connectivity index (χ0) is 22.3. The number of fused-ring (bicyclic) bond motifs is 5. The second kappa shape index (κ2) is 6.72. The Kier molecular flexibility index (Phi) is 4.12. The fourth-order valence-electron chi connectivity index (χ4n) is 5.79. The van der Waals surface area contributed by atoms with E-state index in [2.05, 4.69) is 0 Å². The lowest BCUT2D eigenvalue weighted by molar-refractivity contribution is -0.148. The van der Waals surface area contributed by atoms with Crippen molar-refractivity contribution in [2.75, 3.05) is 0 Å². The maximum Gasteiger partial charge on any atom is 0.313 e. The first-order valence-electron chi connectivity index (χ1n) is 11.2. The van der Waals surface area contributed by atoms with E-state index in [9.17, 15) is 14.0 Å². The summed E-state index contributed by atoms with van der Waals surface area (Å²) in [4.78, 5) is 30.7. The summed E-state index contributed by atoms with van der Waals surface area (Å²) in [7, 11) is 0. The van der Waals surface area contributed by atoms with E-state index >= 15 is 0 Å². The molecule has 0 bridgehead atoms. The Hall–Kier alpha value is -3.06. The topological polar surface area (TPSA) is 87.2 Å². The SMILES string of the molecule is CCC[C@@H]1C(=O)OCc2c1cc1n(c2=O)Cc2c-1nc1cc(F)c(C)c3c1c2[C@@H](N)CC3. The largest absolute Gasteiger partial charge is 0.460 e. The lowest BCUT2D eigenvalue weighted by Crippen LogP contribution is -2.32. The lowest BCUT2D eigenvalue weighted by atomic mass is 9.82. The number of ether oxygens (including phenoxy) is 1. The smallest absolute Gasteiger partial charge is 0.313 e. The normalized spacial score (nSPS) is 20.7. The molecule has 0 unspecified atom stereocenters. The molecule has 2 N–H and O–H groups in total. The van der Waals surface area contributed by atoms with Crippen LogP contribution in [-0.2, 0) is 29.1 Å². The Bertz CT molecular complexity index is 1410. The van der Waals surface area contributed by atoms with Gasteiger partial charge in [0.05, 0.1) is 34.9 Å². The highest BCUT2D eigenvalue weighted by molar-refractivity contribution is 5.93. The van der Waals surface area contributed by atoms with Crippen molar-refractivity contribution < 1.29 is 13.9 Å². The number of cyclic esters (lactones) is 1. The average molecular weight is 433 g/mol. The zero-order valence-corrected chi connectivity index (χ0v) is 18.1. The van der Waals surface area contributed by atoms with Gasteiger partial charge in [-0.15, -0.1) is 0 Å². The number of halogens is 1. The monoisotopic (exact) mass is 433 g/mol. The minimum atomic E-state index is -0.445. The Labute approximate surface area is 184 Å². The molecule has 1 aromatic carbocycles. The van der Waals surface area contributed by atoms with Crippen molar-refractivity contribution in [2.24, 2.45) is 5.73 Å². The average Bonchev–Trinajstić information content (AvgIpc) is 3.13. The number of hydrogen-bond donors (Lipinski definition) is 1. The molecule has 1 aliphatic carbocycles. The van der Waals surface area contributed by atoms with Gasteiger partial charge in [0.1, 0.15) is 12.4 Å². The predicted molar refractivity (Wildman–Crippen MR) is 118 cm³/mol. The number of carbonyl (C=O) groups is 1. The molecule has 2 aromatic heterocycles. The second-order valence-corrected chi connectivity index (χ2v) is 9.16. The fourth-order valence-corrected chi connectivity index (χ4v) is 5.79. The molecule has 3 aromatic rings. The van der Waals surface area contributed by atoms with Crippen molar-refractivity contribution in [3.8, 4) is 11.4 Å². The second-order valence-electron chi connectivity index (χ2n) is 9.16. The van der Waals surface area contributed by atoms with E-state index in [-0.39, 0.29) is 30.0 Å². The Morgan fingerprint density at radius 2 is 2.06 bits per heavy atom. The number of benzene rings is 1. The van der Waals surface area contributed by atoms with Crippen LogP contribution < -0.4 is 11.3 Å². The standard InChI is InChI=1S/C25H24FN3O3/c1-3-4-13-14-7-20-23-15(9-29(20)24(30)16(14)10-32-25(13)31)21-18(27)6-5-12-11(2)17(26)8-19(28-23)22(12)21/h7-8,13,18H,3-6,9-10,27H2,1-2H3/t13-,18-/m0/s1. The van der Waals surface area contributed by atoms with E-state index in [1.54, 1.807) is 11.5 Å². The summed E-state index contributed by atoms with van der Waals surface area (Å²) in [6.45, 7) is 4.19. The summed E-state index contributed by atoms with van der Waals surface area (Å²) in [6, 6.07) is 3.21.